The summed E-state index contributed by atoms with van der Waals surface area (Å²) in [5.74, 6) is -0.705. The minimum atomic E-state index is -1.12. The molecular formula is C13H15N3O4S. The van der Waals surface area contributed by atoms with Gasteiger partial charge >= 0.3 is 5.97 Å². The van der Waals surface area contributed by atoms with E-state index in [0.717, 1.165) is 16.0 Å². The highest BCUT2D eigenvalue weighted by Crippen LogP contribution is 2.29. The number of methoxy groups -OCH3 is 1. The smallest absolute Gasteiger partial charge is 0.320 e. The molecule has 7 nitrogen and oxygen atoms in total. The molecule has 0 aliphatic heterocycles. The van der Waals surface area contributed by atoms with Crippen molar-refractivity contribution in [2.45, 2.75) is 18.9 Å². The molecule has 1 amide bonds. The Hall–Kier alpha value is -2.19. The van der Waals surface area contributed by atoms with Gasteiger partial charge in [0.05, 0.1) is 17.3 Å². The number of ether oxygens (including phenoxy) is 1. The van der Waals surface area contributed by atoms with Crippen molar-refractivity contribution in [3.63, 3.8) is 0 Å². The van der Waals surface area contributed by atoms with E-state index in [1.54, 1.807) is 19.2 Å². The summed E-state index contributed by atoms with van der Waals surface area (Å²) in [6.45, 7) is 0. The van der Waals surface area contributed by atoms with E-state index in [0.29, 0.717) is 5.13 Å². The maximum absolute atomic E-state index is 11.7. The number of carbonyl (C=O) groups is 2. The molecule has 8 heteroatoms. The molecule has 0 aliphatic rings. The van der Waals surface area contributed by atoms with Crippen molar-refractivity contribution in [2.24, 2.45) is 5.73 Å². The molecule has 21 heavy (non-hydrogen) atoms. The molecule has 0 aliphatic carbocycles. The van der Waals surface area contributed by atoms with Crippen LogP contribution >= 0.6 is 11.3 Å². The van der Waals surface area contributed by atoms with E-state index >= 15 is 0 Å². The number of nitrogens with two attached hydrogens (primary N) is 1. The number of amides is 1. The molecular weight excluding hydrogens is 294 g/mol. The molecule has 0 spiro atoms. The number of carbonyl (C=O) groups excluding carboxylic acids is 1. The molecule has 1 aromatic heterocycles. The average Bonchev–Trinajstić information content (AvgIpc) is 2.85. The first kappa shape index (κ1) is 15.2. The number of hydrogen-bond donors (Lipinski definition) is 3. The number of benzene rings is 1. The molecule has 0 saturated heterocycles. The monoisotopic (exact) mass is 309 g/mol. The Labute approximate surface area is 124 Å². The van der Waals surface area contributed by atoms with Crippen LogP contribution in [0.1, 0.15) is 12.8 Å². The molecule has 1 heterocycles. The van der Waals surface area contributed by atoms with Crippen LogP contribution in [0.5, 0.6) is 5.75 Å². The lowest BCUT2D eigenvalue weighted by Crippen LogP contribution is -2.31. The highest BCUT2D eigenvalue weighted by Gasteiger charge is 2.14. The number of aliphatic carboxylic acids is 1. The third-order valence-electron chi connectivity index (χ3n) is 2.84. The fourth-order valence-corrected chi connectivity index (χ4v) is 2.59. The number of nitrogens with zero attached hydrogens (tertiary/aromatic N) is 1. The molecule has 0 fully saturated rings. The van der Waals surface area contributed by atoms with E-state index in [4.69, 9.17) is 15.6 Å². The van der Waals surface area contributed by atoms with Crippen LogP contribution in [-0.2, 0) is 9.59 Å². The highest BCUT2D eigenvalue weighted by atomic mass is 32.1. The van der Waals surface area contributed by atoms with Crippen molar-refractivity contribution < 1.29 is 19.4 Å². The zero-order chi connectivity index (χ0) is 15.4. The Morgan fingerprint density at radius 1 is 1.52 bits per heavy atom. The lowest BCUT2D eigenvalue weighted by atomic mass is 10.1. The molecule has 0 radical (unpaired) electrons. The number of hydrogen-bond acceptors (Lipinski definition) is 6. The summed E-state index contributed by atoms with van der Waals surface area (Å²) < 4.78 is 6.02. The van der Waals surface area contributed by atoms with E-state index in [1.165, 1.54) is 11.3 Å². The number of fused-ring (bicyclic) bond motifs is 1. The van der Waals surface area contributed by atoms with Gasteiger partial charge < -0.3 is 20.9 Å². The Morgan fingerprint density at radius 2 is 2.29 bits per heavy atom. The summed E-state index contributed by atoms with van der Waals surface area (Å²) in [5.41, 5.74) is 6.11. The molecule has 0 unspecified atom stereocenters. The molecule has 0 bridgehead atoms. The maximum Gasteiger partial charge on any atom is 0.320 e. The van der Waals surface area contributed by atoms with E-state index in [9.17, 15) is 9.59 Å². The van der Waals surface area contributed by atoms with Gasteiger partial charge in [0.15, 0.2) is 5.13 Å². The topological polar surface area (TPSA) is 115 Å². The first-order valence-electron chi connectivity index (χ1n) is 6.22. The largest absolute Gasteiger partial charge is 0.497 e. The number of aromatic nitrogens is 1. The second-order valence-electron chi connectivity index (χ2n) is 4.38. The Bertz CT molecular complexity index is 670. The number of anilines is 1. The van der Waals surface area contributed by atoms with Crippen LogP contribution in [0.3, 0.4) is 0 Å². The van der Waals surface area contributed by atoms with Gasteiger partial charge in [0, 0.05) is 6.42 Å². The molecule has 2 aromatic rings. The molecule has 1 atom stereocenters. The van der Waals surface area contributed by atoms with E-state index in [-0.39, 0.29) is 18.7 Å². The molecule has 0 saturated carbocycles. The highest BCUT2D eigenvalue weighted by molar-refractivity contribution is 7.22. The quantitative estimate of drug-likeness (QED) is 0.743. The van der Waals surface area contributed by atoms with Crippen LogP contribution in [0.2, 0.25) is 0 Å². The number of thiazole rings is 1. The normalized spacial score (nSPS) is 12.1. The fraction of sp³-hybridized carbons (Fsp3) is 0.308. The average molecular weight is 309 g/mol. The van der Waals surface area contributed by atoms with E-state index < -0.39 is 12.0 Å². The van der Waals surface area contributed by atoms with Gasteiger partial charge in [-0.05, 0) is 24.6 Å². The van der Waals surface area contributed by atoms with Crippen molar-refractivity contribution in [1.29, 1.82) is 0 Å². The van der Waals surface area contributed by atoms with Gasteiger partial charge in [0.2, 0.25) is 5.91 Å². The zero-order valence-electron chi connectivity index (χ0n) is 11.3. The van der Waals surface area contributed by atoms with Crippen molar-refractivity contribution in [3.8, 4) is 5.75 Å². The second-order valence-corrected chi connectivity index (χ2v) is 5.41. The molecule has 112 valence electrons. The first-order valence-corrected chi connectivity index (χ1v) is 7.04. The standard InChI is InChI=1S/C13H15N3O4S/c1-20-7-2-4-9-10(6-7)21-13(15-9)16-11(17)5-3-8(14)12(18)19/h2,4,6,8H,3,5,14H2,1H3,(H,18,19)(H,15,16,17)/t8-/m0/s1. The minimum Gasteiger partial charge on any atom is -0.497 e. The van der Waals surface area contributed by atoms with Gasteiger partial charge in [0.25, 0.3) is 0 Å². The van der Waals surface area contributed by atoms with Crippen LogP contribution in [0.4, 0.5) is 5.13 Å². The van der Waals surface area contributed by atoms with Crippen molar-refractivity contribution in [2.75, 3.05) is 12.4 Å². The van der Waals surface area contributed by atoms with Crippen LogP contribution < -0.4 is 15.8 Å². The third kappa shape index (κ3) is 3.89. The number of nitrogens with one attached hydrogen (secondary N) is 1. The Balaban J connectivity index is 1.99. The van der Waals surface area contributed by atoms with Crippen LogP contribution in [0.15, 0.2) is 18.2 Å². The minimum absolute atomic E-state index is 0.0344. The van der Waals surface area contributed by atoms with E-state index in [2.05, 4.69) is 10.3 Å². The van der Waals surface area contributed by atoms with Crippen LogP contribution in [0, 0.1) is 0 Å². The van der Waals surface area contributed by atoms with E-state index in [1.807, 2.05) is 6.07 Å². The van der Waals surface area contributed by atoms with Gasteiger partial charge in [-0.15, -0.1) is 0 Å². The summed E-state index contributed by atoms with van der Waals surface area (Å²) in [7, 11) is 1.58. The Morgan fingerprint density at radius 3 is 2.95 bits per heavy atom. The third-order valence-corrected chi connectivity index (χ3v) is 3.78. The molecule has 2 rings (SSSR count). The van der Waals surface area contributed by atoms with Gasteiger partial charge in [-0.2, -0.15) is 0 Å². The number of rotatable bonds is 6. The number of carboxylic acids is 1. The SMILES string of the molecule is COc1ccc2nc(NC(=O)CC[C@H](N)C(=O)O)sc2c1. The summed E-state index contributed by atoms with van der Waals surface area (Å²) >= 11 is 1.33. The van der Waals surface area contributed by atoms with Crippen LogP contribution in [-0.4, -0.2) is 35.1 Å². The van der Waals surface area contributed by atoms with Crippen molar-refractivity contribution in [1.82, 2.24) is 4.98 Å². The second kappa shape index (κ2) is 6.51. The lowest BCUT2D eigenvalue weighted by molar-refractivity contribution is -0.138. The maximum atomic E-state index is 11.7. The van der Waals surface area contributed by atoms with Gasteiger partial charge in [-0.3, -0.25) is 9.59 Å². The van der Waals surface area contributed by atoms with Gasteiger partial charge in [-0.1, -0.05) is 11.3 Å². The summed E-state index contributed by atoms with van der Waals surface area (Å²) in [6, 6.07) is 4.40. The zero-order valence-corrected chi connectivity index (χ0v) is 12.1. The van der Waals surface area contributed by atoms with Crippen molar-refractivity contribution in [3.05, 3.63) is 18.2 Å². The summed E-state index contributed by atoms with van der Waals surface area (Å²) in [4.78, 5) is 26.6. The lowest BCUT2D eigenvalue weighted by Gasteiger charge is -2.05. The summed E-state index contributed by atoms with van der Waals surface area (Å²) in [6.07, 6.45) is 0.118. The predicted molar refractivity (Wildman–Crippen MR) is 79.6 cm³/mol. The number of carboxylic acid groups (broad SMARTS) is 1. The molecule has 1 aromatic carbocycles. The summed E-state index contributed by atoms with van der Waals surface area (Å²) in [5, 5.41) is 11.8. The predicted octanol–water partition coefficient (Wildman–Crippen LogP) is 1.44. The van der Waals surface area contributed by atoms with Crippen molar-refractivity contribution >= 4 is 38.6 Å². The van der Waals surface area contributed by atoms with Crippen LogP contribution in [0.25, 0.3) is 10.2 Å². The van der Waals surface area contributed by atoms with Gasteiger partial charge in [0.1, 0.15) is 11.8 Å². The first-order chi connectivity index (χ1) is 9.99. The van der Waals surface area contributed by atoms with Gasteiger partial charge in [-0.25, -0.2) is 4.98 Å². The Kier molecular flexibility index (Phi) is 4.71. The fourth-order valence-electron chi connectivity index (χ4n) is 1.68. The molecule has 4 N–H and O–H groups in total.